The Morgan fingerprint density at radius 1 is 1.23 bits per heavy atom. The van der Waals surface area contributed by atoms with Crippen molar-refractivity contribution in [3.05, 3.63) is 57.7 Å². The number of amides is 1. The highest BCUT2D eigenvalue weighted by molar-refractivity contribution is 9.10. The van der Waals surface area contributed by atoms with Crippen molar-refractivity contribution in [2.45, 2.75) is 13.0 Å². The molecule has 0 fully saturated rings. The van der Waals surface area contributed by atoms with Crippen LogP contribution in [0.1, 0.15) is 17.3 Å². The summed E-state index contributed by atoms with van der Waals surface area (Å²) in [6.45, 7) is 1.49. The summed E-state index contributed by atoms with van der Waals surface area (Å²) < 4.78 is 5.96. The van der Waals surface area contributed by atoms with E-state index in [2.05, 4.69) is 26.2 Å². The topological polar surface area (TPSA) is 68.3 Å². The zero-order valence-corrected chi connectivity index (χ0v) is 13.9. The summed E-state index contributed by atoms with van der Waals surface area (Å²) in [4.78, 5) is 27.8. The first-order valence-electron chi connectivity index (χ1n) is 6.34. The maximum Gasteiger partial charge on any atom is 0.338 e. The smallest absolute Gasteiger partial charge is 0.338 e. The van der Waals surface area contributed by atoms with Crippen LogP contribution in [-0.2, 0) is 9.53 Å². The van der Waals surface area contributed by atoms with Crippen LogP contribution in [0.15, 0.2) is 47.1 Å². The molecular weight excluding hydrogens is 372 g/mol. The van der Waals surface area contributed by atoms with Crippen LogP contribution in [0.2, 0.25) is 5.02 Å². The van der Waals surface area contributed by atoms with Gasteiger partial charge in [0.2, 0.25) is 0 Å². The van der Waals surface area contributed by atoms with Crippen LogP contribution in [-0.4, -0.2) is 23.0 Å². The Kier molecular flexibility index (Phi) is 5.51. The van der Waals surface area contributed by atoms with Crippen molar-refractivity contribution in [3.63, 3.8) is 0 Å². The van der Waals surface area contributed by atoms with Crippen LogP contribution in [0.4, 0.5) is 5.82 Å². The molecule has 0 bridgehead atoms. The van der Waals surface area contributed by atoms with Gasteiger partial charge in [0.25, 0.3) is 5.91 Å². The first-order chi connectivity index (χ1) is 10.5. The first kappa shape index (κ1) is 16.5. The van der Waals surface area contributed by atoms with Crippen molar-refractivity contribution in [2.24, 2.45) is 0 Å². The molecule has 0 unspecified atom stereocenters. The van der Waals surface area contributed by atoms with Gasteiger partial charge in [0.05, 0.1) is 10.6 Å². The molecule has 0 saturated heterocycles. The first-order valence-corrected chi connectivity index (χ1v) is 7.52. The Bertz CT molecular complexity index is 674. The normalized spacial score (nSPS) is 11.6. The number of rotatable bonds is 4. The van der Waals surface area contributed by atoms with Crippen molar-refractivity contribution in [1.29, 1.82) is 0 Å². The van der Waals surface area contributed by atoms with E-state index in [9.17, 15) is 9.59 Å². The van der Waals surface area contributed by atoms with E-state index in [1.54, 1.807) is 36.4 Å². The summed E-state index contributed by atoms with van der Waals surface area (Å²) >= 11 is 8.99. The molecule has 1 atom stereocenters. The highest BCUT2D eigenvalue weighted by Crippen LogP contribution is 2.13. The Morgan fingerprint density at radius 2 is 1.91 bits per heavy atom. The van der Waals surface area contributed by atoms with Gasteiger partial charge in [-0.2, -0.15) is 0 Å². The van der Waals surface area contributed by atoms with Gasteiger partial charge in [0.15, 0.2) is 6.10 Å². The average molecular weight is 384 g/mol. The average Bonchev–Trinajstić information content (AvgIpc) is 2.50. The molecule has 0 spiro atoms. The lowest BCUT2D eigenvalue weighted by Crippen LogP contribution is -2.30. The fourth-order valence-electron chi connectivity index (χ4n) is 1.55. The maximum atomic E-state index is 11.9. The Labute approximate surface area is 140 Å². The van der Waals surface area contributed by atoms with Gasteiger partial charge in [-0.1, -0.05) is 27.5 Å². The van der Waals surface area contributed by atoms with Crippen LogP contribution in [0.25, 0.3) is 0 Å². The van der Waals surface area contributed by atoms with Crippen LogP contribution in [0.5, 0.6) is 0 Å². The lowest BCUT2D eigenvalue weighted by Gasteiger charge is -2.13. The monoisotopic (exact) mass is 382 g/mol. The molecule has 114 valence electrons. The van der Waals surface area contributed by atoms with Gasteiger partial charge in [-0.25, -0.2) is 9.78 Å². The Hall–Kier alpha value is -1.92. The predicted molar refractivity (Wildman–Crippen MR) is 86.9 cm³/mol. The predicted octanol–water partition coefficient (Wildman–Crippen LogP) is 3.68. The SMILES string of the molecule is C[C@@H](OC(=O)c1ccc(Br)cc1)C(=O)Nc1ccc(Cl)cn1. The molecule has 0 aliphatic carbocycles. The number of carbonyl (C=O) groups excluding carboxylic acids is 2. The molecule has 2 rings (SSSR count). The van der Waals surface area contributed by atoms with Crippen LogP contribution < -0.4 is 5.32 Å². The Morgan fingerprint density at radius 3 is 2.50 bits per heavy atom. The van der Waals surface area contributed by atoms with E-state index >= 15 is 0 Å². The molecule has 7 heteroatoms. The van der Waals surface area contributed by atoms with Gasteiger partial charge in [-0.3, -0.25) is 4.79 Å². The van der Waals surface area contributed by atoms with Crippen molar-refractivity contribution in [1.82, 2.24) is 4.98 Å². The van der Waals surface area contributed by atoms with Crippen molar-refractivity contribution < 1.29 is 14.3 Å². The number of benzene rings is 1. The minimum absolute atomic E-state index is 0.334. The number of nitrogens with one attached hydrogen (secondary N) is 1. The van der Waals surface area contributed by atoms with E-state index in [0.717, 1.165) is 4.47 Å². The second-order valence-corrected chi connectivity index (χ2v) is 5.76. The quantitative estimate of drug-likeness (QED) is 0.818. The second kappa shape index (κ2) is 7.38. The molecular formula is C15H12BrClN2O3. The van der Waals surface area contributed by atoms with E-state index in [4.69, 9.17) is 16.3 Å². The summed E-state index contributed by atoms with van der Waals surface area (Å²) in [6.07, 6.45) is 0.462. The van der Waals surface area contributed by atoms with Gasteiger partial charge in [-0.15, -0.1) is 0 Å². The van der Waals surface area contributed by atoms with E-state index in [1.807, 2.05) is 0 Å². The van der Waals surface area contributed by atoms with Crippen molar-refractivity contribution in [3.8, 4) is 0 Å². The number of hydrogen-bond donors (Lipinski definition) is 1. The molecule has 1 heterocycles. The van der Waals surface area contributed by atoms with E-state index in [1.165, 1.54) is 13.1 Å². The molecule has 5 nitrogen and oxygen atoms in total. The van der Waals surface area contributed by atoms with Gasteiger partial charge in [-0.05, 0) is 43.3 Å². The molecule has 0 radical (unpaired) electrons. The molecule has 0 aliphatic heterocycles. The fraction of sp³-hybridized carbons (Fsp3) is 0.133. The van der Waals surface area contributed by atoms with Crippen molar-refractivity contribution in [2.75, 3.05) is 5.32 Å². The number of nitrogens with zero attached hydrogens (tertiary/aromatic N) is 1. The number of esters is 1. The highest BCUT2D eigenvalue weighted by Gasteiger charge is 2.19. The third kappa shape index (κ3) is 4.54. The lowest BCUT2D eigenvalue weighted by atomic mass is 10.2. The number of halogens is 2. The van der Waals surface area contributed by atoms with E-state index < -0.39 is 18.0 Å². The molecule has 22 heavy (non-hydrogen) atoms. The molecule has 2 aromatic rings. The van der Waals surface area contributed by atoms with E-state index in [-0.39, 0.29) is 0 Å². The maximum absolute atomic E-state index is 11.9. The van der Waals surface area contributed by atoms with Gasteiger partial charge in [0, 0.05) is 10.7 Å². The minimum atomic E-state index is -0.950. The summed E-state index contributed by atoms with van der Waals surface area (Å²) in [5.41, 5.74) is 0.368. The number of ether oxygens (including phenoxy) is 1. The summed E-state index contributed by atoms with van der Waals surface area (Å²) in [6, 6.07) is 9.82. The summed E-state index contributed by atoms with van der Waals surface area (Å²) in [5.74, 6) is -0.708. The van der Waals surface area contributed by atoms with Crippen LogP contribution >= 0.6 is 27.5 Å². The standard InChI is InChI=1S/C15H12BrClN2O3/c1-9(14(20)19-13-7-6-12(17)8-18-13)22-15(21)10-2-4-11(16)5-3-10/h2-9H,1H3,(H,18,19,20)/t9-/m1/s1. The molecule has 1 aromatic carbocycles. The summed E-state index contributed by atoms with van der Waals surface area (Å²) in [7, 11) is 0. The number of aromatic nitrogens is 1. The largest absolute Gasteiger partial charge is 0.449 e. The molecule has 1 amide bonds. The van der Waals surface area contributed by atoms with Crippen LogP contribution in [0.3, 0.4) is 0 Å². The third-order valence-electron chi connectivity index (χ3n) is 2.71. The molecule has 0 saturated carbocycles. The number of pyridine rings is 1. The van der Waals surface area contributed by atoms with Gasteiger partial charge >= 0.3 is 5.97 Å². The number of carbonyl (C=O) groups is 2. The zero-order chi connectivity index (χ0) is 16.1. The third-order valence-corrected chi connectivity index (χ3v) is 3.46. The van der Waals surface area contributed by atoms with Gasteiger partial charge < -0.3 is 10.1 Å². The Balaban J connectivity index is 1.94. The van der Waals surface area contributed by atoms with E-state index in [0.29, 0.717) is 16.4 Å². The summed E-state index contributed by atoms with van der Waals surface area (Å²) in [5, 5.41) is 3.01. The molecule has 0 aliphatic rings. The zero-order valence-electron chi connectivity index (χ0n) is 11.5. The second-order valence-electron chi connectivity index (χ2n) is 4.41. The van der Waals surface area contributed by atoms with Gasteiger partial charge in [0.1, 0.15) is 5.82 Å². The van der Waals surface area contributed by atoms with Crippen LogP contribution in [0, 0.1) is 0 Å². The highest BCUT2D eigenvalue weighted by atomic mass is 79.9. The number of hydrogen-bond acceptors (Lipinski definition) is 4. The lowest BCUT2D eigenvalue weighted by molar-refractivity contribution is -0.123. The van der Waals surface area contributed by atoms with Crippen molar-refractivity contribution >= 4 is 45.2 Å². The molecule has 1 N–H and O–H groups in total. The number of anilines is 1. The fourth-order valence-corrected chi connectivity index (χ4v) is 1.92. The molecule has 1 aromatic heterocycles. The minimum Gasteiger partial charge on any atom is -0.449 e.